The molecule has 21 heavy (non-hydrogen) atoms. The molecule has 1 aliphatic heterocycles. The number of methoxy groups -OCH3 is 1. The highest BCUT2D eigenvalue weighted by atomic mass is 32.2. The minimum atomic E-state index is -3.54. The Kier molecular flexibility index (Phi) is 5.54. The molecule has 0 radical (unpaired) electrons. The Morgan fingerprint density at radius 3 is 2.86 bits per heavy atom. The molecule has 1 heterocycles. The van der Waals surface area contributed by atoms with Gasteiger partial charge in [-0.1, -0.05) is 13.0 Å². The van der Waals surface area contributed by atoms with Gasteiger partial charge < -0.3 is 10.5 Å². The SMILES string of the molecule is CCC1CN(S(=O)(=O)c2cc(CN)ccc2OC)CCS1. The average molecular weight is 330 g/mol. The number of thioether (sulfide) groups is 1. The first kappa shape index (κ1) is 16.6. The fourth-order valence-corrected chi connectivity index (χ4v) is 5.43. The van der Waals surface area contributed by atoms with E-state index in [0.29, 0.717) is 30.6 Å². The van der Waals surface area contributed by atoms with E-state index in [2.05, 4.69) is 6.92 Å². The minimum absolute atomic E-state index is 0.217. The summed E-state index contributed by atoms with van der Waals surface area (Å²) in [6.07, 6.45) is 0.969. The monoisotopic (exact) mass is 330 g/mol. The molecule has 1 unspecified atom stereocenters. The van der Waals surface area contributed by atoms with Crippen LogP contribution in [0.25, 0.3) is 0 Å². The Bertz CT molecular complexity index is 590. The Balaban J connectivity index is 2.38. The number of hydrogen-bond donors (Lipinski definition) is 1. The normalized spacial score (nSPS) is 20.4. The molecule has 0 amide bonds. The van der Waals surface area contributed by atoms with Gasteiger partial charge in [0.2, 0.25) is 10.0 Å². The van der Waals surface area contributed by atoms with E-state index in [1.165, 1.54) is 7.11 Å². The molecule has 118 valence electrons. The van der Waals surface area contributed by atoms with E-state index in [9.17, 15) is 8.42 Å². The van der Waals surface area contributed by atoms with Gasteiger partial charge in [0.15, 0.2) is 0 Å². The molecular formula is C14H22N2O3S2. The summed E-state index contributed by atoms with van der Waals surface area (Å²) >= 11 is 1.84. The molecule has 1 aromatic carbocycles. The predicted molar refractivity (Wildman–Crippen MR) is 86.2 cm³/mol. The molecule has 1 saturated heterocycles. The summed E-state index contributed by atoms with van der Waals surface area (Å²) in [5, 5.41) is 0.359. The second-order valence-corrected chi connectivity index (χ2v) is 8.27. The van der Waals surface area contributed by atoms with Gasteiger partial charge in [-0.3, -0.25) is 0 Å². The smallest absolute Gasteiger partial charge is 0.246 e. The maximum atomic E-state index is 12.9. The maximum absolute atomic E-state index is 12.9. The molecule has 1 aliphatic rings. The van der Waals surface area contributed by atoms with Crippen molar-refractivity contribution in [3.63, 3.8) is 0 Å². The van der Waals surface area contributed by atoms with E-state index in [0.717, 1.165) is 17.7 Å². The Morgan fingerprint density at radius 1 is 1.48 bits per heavy atom. The van der Waals surface area contributed by atoms with Crippen molar-refractivity contribution < 1.29 is 13.2 Å². The van der Waals surface area contributed by atoms with E-state index in [-0.39, 0.29) is 4.90 Å². The Hall–Kier alpha value is -0.760. The topological polar surface area (TPSA) is 72.6 Å². The zero-order chi connectivity index (χ0) is 15.5. The molecule has 0 spiro atoms. The lowest BCUT2D eigenvalue weighted by atomic mass is 10.2. The summed E-state index contributed by atoms with van der Waals surface area (Å²) in [5.41, 5.74) is 6.41. The van der Waals surface area contributed by atoms with Crippen LogP contribution in [0.2, 0.25) is 0 Å². The predicted octanol–water partition coefficient (Wildman–Crippen LogP) is 1.67. The highest BCUT2D eigenvalue weighted by Gasteiger charge is 2.32. The lowest BCUT2D eigenvalue weighted by Gasteiger charge is -2.31. The van der Waals surface area contributed by atoms with Gasteiger partial charge >= 0.3 is 0 Å². The van der Waals surface area contributed by atoms with Crippen molar-refractivity contribution in [1.29, 1.82) is 0 Å². The van der Waals surface area contributed by atoms with Crippen molar-refractivity contribution in [3.8, 4) is 5.75 Å². The van der Waals surface area contributed by atoms with Crippen molar-refractivity contribution in [2.24, 2.45) is 5.73 Å². The number of sulfonamides is 1. The van der Waals surface area contributed by atoms with Crippen molar-refractivity contribution in [2.75, 3.05) is 26.0 Å². The van der Waals surface area contributed by atoms with E-state index < -0.39 is 10.0 Å². The van der Waals surface area contributed by atoms with E-state index >= 15 is 0 Å². The highest BCUT2D eigenvalue weighted by Crippen LogP contribution is 2.31. The summed E-state index contributed by atoms with van der Waals surface area (Å²) in [6, 6.07) is 5.08. The summed E-state index contributed by atoms with van der Waals surface area (Å²) in [6.45, 7) is 3.49. The van der Waals surface area contributed by atoms with E-state index in [1.54, 1.807) is 22.5 Å². The van der Waals surface area contributed by atoms with E-state index in [4.69, 9.17) is 10.5 Å². The van der Waals surface area contributed by atoms with Crippen LogP contribution in [-0.4, -0.2) is 43.9 Å². The van der Waals surface area contributed by atoms with Crippen LogP contribution in [0.3, 0.4) is 0 Å². The molecule has 1 atom stereocenters. The van der Waals surface area contributed by atoms with Crippen LogP contribution in [-0.2, 0) is 16.6 Å². The molecule has 5 nitrogen and oxygen atoms in total. The zero-order valence-electron chi connectivity index (χ0n) is 12.4. The van der Waals surface area contributed by atoms with Crippen molar-refractivity contribution in [1.82, 2.24) is 4.31 Å². The number of nitrogens with zero attached hydrogens (tertiary/aromatic N) is 1. The van der Waals surface area contributed by atoms with Crippen molar-refractivity contribution in [2.45, 2.75) is 30.0 Å². The molecule has 7 heteroatoms. The highest BCUT2D eigenvalue weighted by molar-refractivity contribution is 8.00. The third kappa shape index (κ3) is 3.53. The van der Waals surface area contributed by atoms with Gasteiger partial charge in [-0.15, -0.1) is 0 Å². The quantitative estimate of drug-likeness (QED) is 0.889. The minimum Gasteiger partial charge on any atom is -0.495 e. The zero-order valence-corrected chi connectivity index (χ0v) is 14.0. The van der Waals surface area contributed by atoms with Gasteiger partial charge in [0, 0.05) is 30.6 Å². The molecule has 0 saturated carbocycles. The first-order valence-electron chi connectivity index (χ1n) is 7.01. The number of nitrogens with two attached hydrogens (primary N) is 1. The summed E-state index contributed by atoms with van der Waals surface area (Å²) in [4.78, 5) is 0.217. The number of benzene rings is 1. The van der Waals surface area contributed by atoms with Gasteiger partial charge in [-0.25, -0.2) is 8.42 Å². The van der Waals surface area contributed by atoms with Crippen LogP contribution in [0.15, 0.2) is 23.1 Å². The molecule has 1 fully saturated rings. The van der Waals surface area contributed by atoms with Crippen LogP contribution in [0.1, 0.15) is 18.9 Å². The molecule has 1 aromatic rings. The number of rotatable bonds is 5. The van der Waals surface area contributed by atoms with Crippen LogP contribution in [0.5, 0.6) is 5.75 Å². The molecule has 0 aliphatic carbocycles. The Morgan fingerprint density at radius 2 is 2.24 bits per heavy atom. The maximum Gasteiger partial charge on any atom is 0.246 e. The van der Waals surface area contributed by atoms with Gasteiger partial charge in [0.25, 0.3) is 0 Å². The van der Waals surface area contributed by atoms with Crippen LogP contribution in [0.4, 0.5) is 0 Å². The number of ether oxygens (including phenoxy) is 1. The van der Waals surface area contributed by atoms with E-state index in [1.807, 2.05) is 11.8 Å². The van der Waals surface area contributed by atoms with Crippen molar-refractivity contribution >= 4 is 21.8 Å². The first-order valence-corrected chi connectivity index (χ1v) is 9.50. The fraction of sp³-hybridized carbons (Fsp3) is 0.571. The van der Waals surface area contributed by atoms with Crippen LogP contribution >= 0.6 is 11.8 Å². The third-order valence-corrected chi connectivity index (χ3v) is 6.90. The molecule has 2 N–H and O–H groups in total. The first-order chi connectivity index (χ1) is 10.0. The van der Waals surface area contributed by atoms with Crippen LogP contribution < -0.4 is 10.5 Å². The van der Waals surface area contributed by atoms with Gasteiger partial charge in [-0.2, -0.15) is 16.1 Å². The Labute approximate surface area is 130 Å². The van der Waals surface area contributed by atoms with Gasteiger partial charge in [0.05, 0.1) is 7.11 Å². The van der Waals surface area contributed by atoms with Gasteiger partial charge in [0.1, 0.15) is 10.6 Å². The molecule has 0 aromatic heterocycles. The standard InChI is InChI=1S/C14H22N2O3S2/c1-3-12-10-16(6-7-20-12)21(17,18)14-8-11(9-15)4-5-13(14)19-2/h4-5,8,12H,3,6-7,9-10,15H2,1-2H3. The molecule has 2 rings (SSSR count). The molecule has 0 bridgehead atoms. The van der Waals surface area contributed by atoms with Gasteiger partial charge in [-0.05, 0) is 24.1 Å². The second kappa shape index (κ2) is 7.00. The largest absolute Gasteiger partial charge is 0.495 e. The lowest BCUT2D eigenvalue weighted by molar-refractivity contribution is 0.389. The second-order valence-electron chi connectivity index (χ2n) is 4.95. The lowest BCUT2D eigenvalue weighted by Crippen LogP contribution is -2.41. The molecular weight excluding hydrogens is 308 g/mol. The van der Waals surface area contributed by atoms with Crippen molar-refractivity contribution in [3.05, 3.63) is 23.8 Å². The summed E-state index contributed by atoms with van der Waals surface area (Å²) in [7, 11) is -2.06. The van der Waals surface area contributed by atoms with Crippen LogP contribution in [0, 0.1) is 0 Å². The number of hydrogen-bond acceptors (Lipinski definition) is 5. The summed E-state index contributed by atoms with van der Waals surface area (Å²) in [5.74, 6) is 1.20. The fourth-order valence-electron chi connectivity index (χ4n) is 2.35. The summed E-state index contributed by atoms with van der Waals surface area (Å²) < 4.78 is 32.6. The third-order valence-electron chi connectivity index (χ3n) is 3.64. The average Bonchev–Trinajstić information content (AvgIpc) is 2.54.